The molecule has 1 aromatic heterocycles. The van der Waals surface area contributed by atoms with Crippen LogP contribution in [-0.2, 0) is 16.0 Å². The first kappa shape index (κ1) is 22.1. The summed E-state index contributed by atoms with van der Waals surface area (Å²) in [7, 11) is 0. The second-order valence-corrected chi connectivity index (χ2v) is 8.37. The Morgan fingerprint density at radius 3 is 2.34 bits per heavy atom. The van der Waals surface area contributed by atoms with E-state index in [0.717, 1.165) is 22.3 Å². The number of alkyl carbamates (subject to hydrolysis) is 1. The lowest BCUT2D eigenvalue weighted by Crippen LogP contribution is -2.42. The number of benzene rings is 3. The number of hydrogen-bond acceptors (Lipinski definition) is 5. The smallest absolute Gasteiger partial charge is 0.407 e. The van der Waals surface area contributed by atoms with Crippen LogP contribution in [0.5, 0.6) is 0 Å². The van der Waals surface area contributed by atoms with Crippen molar-refractivity contribution in [3.8, 4) is 11.1 Å². The standard InChI is InChI=1S/C26H21N3O6/c30-25(31)24(11-15-13-27-23-12-16(29(33)34)9-10-17(15)23)28-26(32)35-14-22-20-7-3-1-5-18(20)19-6-2-4-8-21(19)22/h1-10,12-13,22,24,27H,11,14H2,(H,28,32)(H,30,31)/t24-/m1/s1. The van der Waals surface area contributed by atoms with Gasteiger partial charge in [-0.2, -0.15) is 0 Å². The van der Waals surface area contributed by atoms with Gasteiger partial charge in [0.1, 0.15) is 12.6 Å². The molecule has 1 atom stereocenters. The molecule has 1 aliphatic rings. The Balaban J connectivity index is 1.28. The van der Waals surface area contributed by atoms with Gasteiger partial charge in [0.05, 0.1) is 10.4 Å². The summed E-state index contributed by atoms with van der Waals surface area (Å²) >= 11 is 0. The molecule has 0 saturated heterocycles. The van der Waals surface area contributed by atoms with E-state index in [9.17, 15) is 24.8 Å². The summed E-state index contributed by atoms with van der Waals surface area (Å²) in [4.78, 5) is 37.8. The summed E-state index contributed by atoms with van der Waals surface area (Å²) in [6, 6.07) is 18.9. The van der Waals surface area contributed by atoms with Crippen LogP contribution in [0.15, 0.2) is 72.9 Å². The summed E-state index contributed by atoms with van der Waals surface area (Å²) in [5.41, 5.74) is 5.37. The third-order valence-electron chi connectivity index (χ3n) is 6.32. The summed E-state index contributed by atoms with van der Waals surface area (Å²) in [6.07, 6.45) is 0.746. The number of nitrogens with zero attached hydrogens (tertiary/aromatic N) is 1. The lowest BCUT2D eigenvalue weighted by atomic mass is 9.98. The molecule has 3 aromatic carbocycles. The number of carboxylic acids is 1. The minimum atomic E-state index is -1.24. The highest BCUT2D eigenvalue weighted by molar-refractivity contribution is 5.87. The Morgan fingerprint density at radius 1 is 1.06 bits per heavy atom. The number of H-pyrrole nitrogens is 1. The SMILES string of the molecule is O=C(N[C@H](Cc1c[nH]c2cc([N+](=O)[O-])ccc12)C(=O)O)OCC1c2ccccc2-c2ccccc21. The zero-order valence-electron chi connectivity index (χ0n) is 18.4. The lowest BCUT2D eigenvalue weighted by Gasteiger charge is -2.17. The second-order valence-electron chi connectivity index (χ2n) is 8.37. The van der Waals surface area contributed by atoms with Gasteiger partial charge in [0.25, 0.3) is 5.69 Å². The maximum Gasteiger partial charge on any atom is 0.407 e. The molecule has 5 rings (SSSR count). The van der Waals surface area contributed by atoms with E-state index in [1.165, 1.54) is 12.1 Å². The van der Waals surface area contributed by atoms with Crippen LogP contribution < -0.4 is 5.32 Å². The molecule has 0 radical (unpaired) electrons. The third kappa shape index (κ3) is 4.19. The Labute approximate surface area is 199 Å². The molecule has 35 heavy (non-hydrogen) atoms. The number of carbonyl (C=O) groups is 2. The maximum atomic E-state index is 12.6. The second kappa shape index (κ2) is 8.94. The van der Waals surface area contributed by atoms with Crippen LogP contribution in [0.2, 0.25) is 0 Å². The monoisotopic (exact) mass is 471 g/mol. The minimum Gasteiger partial charge on any atom is -0.480 e. The molecule has 1 aliphatic carbocycles. The maximum absolute atomic E-state index is 12.6. The van der Waals surface area contributed by atoms with Crippen molar-refractivity contribution in [1.82, 2.24) is 10.3 Å². The molecule has 0 saturated carbocycles. The molecule has 0 bridgehead atoms. The van der Waals surface area contributed by atoms with Crippen LogP contribution >= 0.6 is 0 Å². The number of amides is 1. The number of nitrogens with one attached hydrogen (secondary N) is 2. The molecule has 1 amide bonds. The van der Waals surface area contributed by atoms with Gasteiger partial charge < -0.3 is 20.1 Å². The van der Waals surface area contributed by atoms with Gasteiger partial charge in [-0.05, 0) is 33.9 Å². The van der Waals surface area contributed by atoms with E-state index >= 15 is 0 Å². The highest BCUT2D eigenvalue weighted by Gasteiger charge is 2.30. The van der Waals surface area contributed by atoms with Crippen molar-refractivity contribution in [2.75, 3.05) is 6.61 Å². The molecule has 0 aliphatic heterocycles. The summed E-state index contributed by atoms with van der Waals surface area (Å²) < 4.78 is 5.47. The lowest BCUT2D eigenvalue weighted by molar-refractivity contribution is -0.384. The highest BCUT2D eigenvalue weighted by Crippen LogP contribution is 2.44. The van der Waals surface area contributed by atoms with E-state index in [1.54, 1.807) is 12.3 Å². The van der Waals surface area contributed by atoms with Crippen molar-refractivity contribution in [2.24, 2.45) is 0 Å². The average molecular weight is 471 g/mol. The minimum absolute atomic E-state index is 0.0165. The molecule has 0 spiro atoms. The van der Waals surface area contributed by atoms with Gasteiger partial charge in [0, 0.05) is 36.1 Å². The topological polar surface area (TPSA) is 135 Å². The number of fused-ring (bicyclic) bond motifs is 4. The van der Waals surface area contributed by atoms with Gasteiger partial charge >= 0.3 is 12.1 Å². The molecular weight excluding hydrogens is 450 g/mol. The molecule has 1 heterocycles. The Bertz CT molecular complexity index is 1420. The van der Waals surface area contributed by atoms with Crippen molar-refractivity contribution < 1.29 is 24.4 Å². The average Bonchev–Trinajstić information content (AvgIpc) is 3.40. The van der Waals surface area contributed by atoms with Gasteiger partial charge in [-0.15, -0.1) is 0 Å². The van der Waals surface area contributed by atoms with Crippen molar-refractivity contribution in [2.45, 2.75) is 18.4 Å². The van der Waals surface area contributed by atoms with Crippen LogP contribution in [-0.4, -0.2) is 39.7 Å². The fourth-order valence-electron chi connectivity index (χ4n) is 4.66. The van der Waals surface area contributed by atoms with Crippen LogP contribution in [0, 0.1) is 10.1 Å². The Kier molecular flexibility index (Phi) is 5.66. The predicted molar refractivity (Wildman–Crippen MR) is 128 cm³/mol. The molecule has 0 fully saturated rings. The Hall–Kier alpha value is -4.66. The first-order chi connectivity index (χ1) is 16.9. The number of rotatable bonds is 7. The number of nitro groups is 1. The van der Waals surface area contributed by atoms with Gasteiger partial charge in [-0.25, -0.2) is 9.59 Å². The van der Waals surface area contributed by atoms with Crippen molar-refractivity contribution in [1.29, 1.82) is 0 Å². The number of aromatic nitrogens is 1. The van der Waals surface area contributed by atoms with E-state index in [-0.39, 0.29) is 24.6 Å². The fraction of sp³-hybridized carbons (Fsp3) is 0.154. The number of aromatic amines is 1. The number of carboxylic acid groups (broad SMARTS) is 1. The molecule has 0 unspecified atom stereocenters. The molecule has 9 nitrogen and oxygen atoms in total. The van der Waals surface area contributed by atoms with E-state index < -0.39 is 23.0 Å². The fourth-order valence-corrected chi connectivity index (χ4v) is 4.66. The summed E-state index contributed by atoms with van der Waals surface area (Å²) in [5, 5.41) is 23.8. The van der Waals surface area contributed by atoms with Gasteiger partial charge in [0.15, 0.2) is 0 Å². The molecule has 3 N–H and O–H groups in total. The number of carbonyl (C=O) groups excluding carboxylic acids is 1. The van der Waals surface area contributed by atoms with Crippen molar-refractivity contribution in [3.63, 3.8) is 0 Å². The normalized spacial score (nSPS) is 13.1. The van der Waals surface area contributed by atoms with Crippen molar-refractivity contribution >= 4 is 28.7 Å². The number of aliphatic carboxylic acids is 1. The molecule has 176 valence electrons. The number of non-ortho nitro benzene ring substituents is 1. The number of nitro benzene ring substituents is 1. The quantitative estimate of drug-likeness (QED) is 0.266. The van der Waals surface area contributed by atoms with Gasteiger partial charge in [-0.1, -0.05) is 48.5 Å². The number of ether oxygens (including phenoxy) is 1. The number of hydrogen-bond donors (Lipinski definition) is 3. The van der Waals surface area contributed by atoms with Crippen LogP contribution in [0.3, 0.4) is 0 Å². The third-order valence-corrected chi connectivity index (χ3v) is 6.32. The van der Waals surface area contributed by atoms with Crippen molar-refractivity contribution in [3.05, 3.63) is 99.7 Å². The predicted octanol–water partition coefficient (Wildman–Crippen LogP) is 4.61. The van der Waals surface area contributed by atoms with Gasteiger partial charge in [0.2, 0.25) is 0 Å². The zero-order chi connectivity index (χ0) is 24.5. The first-order valence-corrected chi connectivity index (χ1v) is 11.0. The highest BCUT2D eigenvalue weighted by atomic mass is 16.6. The van der Waals surface area contributed by atoms with E-state index in [1.807, 2.05) is 48.5 Å². The molecule has 4 aromatic rings. The first-order valence-electron chi connectivity index (χ1n) is 11.0. The van der Waals surface area contributed by atoms with E-state index in [2.05, 4.69) is 10.3 Å². The van der Waals surface area contributed by atoms with Crippen LogP contribution in [0.4, 0.5) is 10.5 Å². The largest absolute Gasteiger partial charge is 0.480 e. The molecular formula is C26H21N3O6. The summed E-state index contributed by atoms with van der Waals surface area (Å²) in [5.74, 6) is -1.35. The van der Waals surface area contributed by atoms with Crippen LogP contribution in [0.25, 0.3) is 22.0 Å². The zero-order valence-corrected chi connectivity index (χ0v) is 18.4. The molecule has 9 heteroatoms. The van der Waals surface area contributed by atoms with Gasteiger partial charge in [-0.3, -0.25) is 10.1 Å². The Morgan fingerprint density at radius 2 is 1.71 bits per heavy atom. The summed E-state index contributed by atoms with van der Waals surface area (Å²) in [6.45, 7) is 0.0724. The van der Waals surface area contributed by atoms with E-state index in [0.29, 0.717) is 16.5 Å². The van der Waals surface area contributed by atoms with Crippen LogP contribution in [0.1, 0.15) is 22.6 Å². The van der Waals surface area contributed by atoms with E-state index in [4.69, 9.17) is 4.74 Å².